The van der Waals surface area contributed by atoms with Crippen molar-refractivity contribution in [3.05, 3.63) is 219 Å². The second-order valence-electron chi connectivity index (χ2n) is 12.5. The maximum absolute atomic E-state index is 12.4. The molecule has 0 aromatic heterocycles. The third kappa shape index (κ3) is 11.3. The van der Waals surface area contributed by atoms with Gasteiger partial charge in [0.15, 0.2) is 0 Å². The standard InChI is InChI=1S/2C19H15NO.C10H15.ClH.Ti/c2*21-19(20-16-11-5-2-6-12-16)18-14-8-7-13-17(18)15-9-3-1-4-10-15;1-6-7(2)9(4)10(5)8(6)3;;/h2*1-14H,(H,20,21);1-5H3;1H;/q;;-1;;+4/p-3. The van der Waals surface area contributed by atoms with E-state index in [4.69, 9.17) is 0 Å². The molecule has 0 heterocycles. The quantitative estimate of drug-likeness (QED) is 0.125. The number of amides is 2. The second kappa shape index (κ2) is 21.3. The van der Waals surface area contributed by atoms with Gasteiger partial charge in [-0.2, -0.15) is 27.8 Å². The number of hydrogen-bond donors (Lipinski definition) is 0. The van der Waals surface area contributed by atoms with Crippen LogP contribution in [-0.4, -0.2) is 11.8 Å². The van der Waals surface area contributed by atoms with Gasteiger partial charge in [0.05, 0.1) is 11.8 Å². The molecule has 268 valence electrons. The van der Waals surface area contributed by atoms with E-state index < -0.39 is 0 Å². The van der Waals surface area contributed by atoms with Crippen molar-refractivity contribution in [2.45, 2.75) is 34.6 Å². The molecule has 0 atom stereocenters. The molecule has 0 radical (unpaired) electrons. The van der Waals surface area contributed by atoms with E-state index in [2.05, 4.69) is 54.6 Å². The van der Waals surface area contributed by atoms with Crippen molar-refractivity contribution < 1.29 is 29.0 Å². The van der Waals surface area contributed by atoms with Gasteiger partial charge in [-0.3, -0.25) is 0 Å². The average molecular weight is 763 g/mol. The van der Waals surface area contributed by atoms with Gasteiger partial charge in [-0.15, -0.1) is 11.4 Å². The predicted octanol–water partition coefficient (Wildman–Crippen LogP) is 14.0. The number of halogens is 1. The van der Waals surface area contributed by atoms with Gasteiger partial charge < -0.3 is 20.2 Å². The number of rotatable bonds is 6. The van der Waals surface area contributed by atoms with Crippen LogP contribution in [0.15, 0.2) is 170 Å². The fourth-order valence-electron chi connectivity index (χ4n) is 5.84. The Bertz CT molecular complexity index is 2010. The molecule has 0 saturated heterocycles. The molecule has 0 fully saturated rings. The minimum absolute atomic E-state index is 0.222. The van der Waals surface area contributed by atoms with E-state index in [9.17, 15) is 9.59 Å². The first kappa shape index (κ1) is 41.4. The van der Waals surface area contributed by atoms with Crippen LogP contribution < -0.4 is 0 Å². The van der Waals surface area contributed by atoms with Gasteiger partial charge in [0, 0.05) is 11.1 Å². The van der Waals surface area contributed by atoms with Crippen molar-refractivity contribution in [2.75, 3.05) is 0 Å². The summed E-state index contributed by atoms with van der Waals surface area (Å²) in [7, 11) is 4.64. The van der Waals surface area contributed by atoms with Crippen molar-refractivity contribution in [1.29, 1.82) is 0 Å². The van der Waals surface area contributed by atoms with Gasteiger partial charge in [0.25, 0.3) is 0 Å². The van der Waals surface area contributed by atoms with E-state index in [0.29, 0.717) is 22.5 Å². The number of benzene rings is 6. The minimum atomic E-state index is -0.222. The summed E-state index contributed by atoms with van der Waals surface area (Å²) < 4.78 is 0. The zero-order chi connectivity index (χ0) is 38.9. The average Bonchev–Trinajstić information content (AvgIpc) is 3.40. The number of carbonyl (C=O) groups is 2. The van der Waals surface area contributed by atoms with E-state index in [1.54, 1.807) is 0 Å². The molecule has 0 spiro atoms. The van der Waals surface area contributed by atoms with Crippen molar-refractivity contribution in [1.82, 2.24) is 0 Å². The van der Waals surface area contributed by atoms with E-state index in [1.165, 1.54) is 47.2 Å². The Balaban J connectivity index is 0.000000187. The van der Waals surface area contributed by atoms with Gasteiger partial charge in [0.1, 0.15) is 0 Å². The Hall–Kier alpha value is -5.39. The molecule has 0 bridgehead atoms. The van der Waals surface area contributed by atoms with Crippen molar-refractivity contribution in [2.24, 2.45) is 0 Å². The number of carbonyl (C=O) groups excluding carboxylic acids is 2. The summed E-state index contributed by atoms with van der Waals surface area (Å²) in [6.45, 7) is 11.0. The van der Waals surface area contributed by atoms with E-state index in [-0.39, 0.29) is 11.8 Å². The SMILES string of the molecule is Cc1c(C)c(C)[c-](C)c1C.O=C([N-]c1ccccc1)c1ccccc1-c1ccccc1.O=C([N-]c1ccccc1)c1ccccc1-c1ccccc1.[Cl][Ti+3]. The van der Waals surface area contributed by atoms with Crippen LogP contribution in [-0.2, 0) is 19.4 Å². The molecule has 0 N–H and O–H groups in total. The molecule has 6 heteroatoms. The summed E-state index contributed by atoms with van der Waals surface area (Å²) in [6.07, 6.45) is 0. The zero-order valence-electron chi connectivity index (χ0n) is 31.3. The zero-order valence-corrected chi connectivity index (χ0v) is 33.6. The molecular weight excluding hydrogens is 720 g/mol. The number of para-hydroxylation sites is 2. The predicted molar refractivity (Wildman–Crippen MR) is 223 cm³/mol. The van der Waals surface area contributed by atoms with Crippen molar-refractivity contribution in [3.8, 4) is 22.3 Å². The van der Waals surface area contributed by atoms with Crippen molar-refractivity contribution >= 4 is 32.5 Å². The Morgan fingerprint density at radius 1 is 0.444 bits per heavy atom. The first-order chi connectivity index (χ1) is 26.2. The van der Waals surface area contributed by atoms with Gasteiger partial charge in [-0.1, -0.05) is 204 Å². The first-order valence-electron chi connectivity index (χ1n) is 17.5. The van der Waals surface area contributed by atoms with Crippen LogP contribution in [0.1, 0.15) is 48.5 Å². The summed E-state index contributed by atoms with van der Waals surface area (Å²) in [5.41, 5.74) is 13.8. The summed E-state index contributed by atoms with van der Waals surface area (Å²) >= 11 is 1.47. The Morgan fingerprint density at radius 2 is 0.722 bits per heavy atom. The molecule has 7 aromatic rings. The third-order valence-corrected chi connectivity index (χ3v) is 9.27. The summed E-state index contributed by atoms with van der Waals surface area (Å²) in [5.74, 6) is -0.443. The van der Waals surface area contributed by atoms with E-state index in [1.807, 2.05) is 170 Å². The summed E-state index contributed by atoms with van der Waals surface area (Å²) in [5, 5.41) is 8.35. The molecule has 2 amide bonds. The molecule has 54 heavy (non-hydrogen) atoms. The van der Waals surface area contributed by atoms with Crippen LogP contribution in [0.5, 0.6) is 0 Å². The van der Waals surface area contributed by atoms with Crippen LogP contribution in [0.4, 0.5) is 11.4 Å². The molecule has 0 aliphatic carbocycles. The Kier molecular flexibility index (Phi) is 16.4. The van der Waals surface area contributed by atoms with Crippen LogP contribution >= 0.6 is 9.30 Å². The van der Waals surface area contributed by atoms with Gasteiger partial charge in [0.2, 0.25) is 0 Å². The Labute approximate surface area is 335 Å². The molecule has 7 rings (SSSR count). The molecule has 0 saturated carbocycles. The molecule has 0 unspecified atom stereocenters. The monoisotopic (exact) mass is 762 g/mol. The summed E-state index contributed by atoms with van der Waals surface area (Å²) in [4.78, 5) is 24.9. The van der Waals surface area contributed by atoms with Gasteiger partial charge in [-0.25, -0.2) is 0 Å². The van der Waals surface area contributed by atoms with Crippen LogP contribution in [0.3, 0.4) is 0 Å². The topological polar surface area (TPSA) is 62.3 Å². The molecule has 0 aliphatic rings. The molecular formula is C48H43ClN2O2Ti. The number of nitrogens with zero attached hydrogens (tertiary/aromatic N) is 2. The Morgan fingerprint density at radius 3 is 1.02 bits per heavy atom. The fourth-order valence-corrected chi connectivity index (χ4v) is 5.84. The molecule has 7 aromatic carbocycles. The fraction of sp³-hybridized carbons (Fsp3) is 0.104. The van der Waals surface area contributed by atoms with Crippen LogP contribution in [0.2, 0.25) is 0 Å². The summed E-state index contributed by atoms with van der Waals surface area (Å²) in [6, 6.07) is 53.4. The van der Waals surface area contributed by atoms with Crippen LogP contribution in [0, 0.1) is 34.6 Å². The van der Waals surface area contributed by atoms with Gasteiger partial charge in [-0.05, 0) is 22.3 Å². The third-order valence-electron chi connectivity index (χ3n) is 9.27. The second-order valence-corrected chi connectivity index (χ2v) is 12.5. The molecule has 4 nitrogen and oxygen atoms in total. The van der Waals surface area contributed by atoms with Crippen molar-refractivity contribution in [3.63, 3.8) is 0 Å². The maximum atomic E-state index is 12.4. The number of hydrogen-bond acceptors (Lipinski definition) is 2. The van der Waals surface area contributed by atoms with E-state index >= 15 is 0 Å². The van der Waals surface area contributed by atoms with Gasteiger partial charge >= 0.3 is 28.7 Å². The van der Waals surface area contributed by atoms with E-state index in [0.717, 1.165) is 22.3 Å². The normalized spacial score (nSPS) is 9.93. The first-order valence-corrected chi connectivity index (χ1v) is 19.7. The molecule has 0 aliphatic heterocycles. The van der Waals surface area contributed by atoms with Crippen LogP contribution in [0.25, 0.3) is 32.9 Å².